The molecule has 0 saturated heterocycles. The van der Waals surface area contributed by atoms with E-state index in [1.165, 1.54) is 0 Å². The fraction of sp³-hybridized carbons (Fsp3) is 0.900. The molecule has 0 heterocycles. The van der Waals surface area contributed by atoms with Gasteiger partial charge in [-0.1, -0.05) is 19.0 Å². The molecule has 3 atom stereocenters. The van der Waals surface area contributed by atoms with Gasteiger partial charge in [-0.25, -0.2) is 0 Å². The lowest BCUT2D eigenvalue weighted by molar-refractivity contribution is -0.135. The van der Waals surface area contributed by atoms with Crippen molar-refractivity contribution in [2.75, 3.05) is 0 Å². The summed E-state index contributed by atoms with van der Waals surface area (Å²) in [6.45, 7) is 6.15. The Morgan fingerprint density at radius 2 is 2.00 bits per heavy atom. The second-order valence-electron chi connectivity index (χ2n) is 5.20. The zero-order chi connectivity index (χ0) is 9.85. The van der Waals surface area contributed by atoms with Crippen molar-refractivity contribution in [2.24, 2.45) is 22.4 Å². The summed E-state index contributed by atoms with van der Waals surface area (Å²) < 4.78 is 0. The molecule has 0 aliphatic heterocycles. The molecular weight excluding hydrogens is 166 g/mol. The van der Waals surface area contributed by atoms with E-state index in [2.05, 4.69) is 19.0 Å². The van der Waals surface area contributed by atoms with Gasteiger partial charge in [0.25, 0.3) is 0 Å². The van der Waals surface area contributed by atoms with Crippen molar-refractivity contribution in [3.8, 4) is 0 Å². The first-order chi connectivity index (χ1) is 5.90. The fourth-order valence-electron chi connectivity index (χ4n) is 3.10. The summed E-state index contributed by atoms with van der Waals surface area (Å²) in [7, 11) is 0. The zero-order valence-electron chi connectivity index (χ0n) is 8.41. The minimum absolute atomic E-state index is 0.206. The van der Waals surface area contributed by atoms with E-state index in [0.29, 0.717) is 11.6 Å². The van der Waals surface area contributed by atoms with Crippen molar-refractivity contribution in [2.45, 2.75) is 39.2 Å². The highest BCUT2D eigenvalue weighted by molar-refractivity contribution is 5.94. The molecule has 3 heteroatoms. The Bertz CT molecular complexity index is 268. The molecule has 0 unspecified atom stereocenters. The van der Waals surface area contributed by atoms with Gasteiger partial charge in [0.1, 0.15) is 5.60 Å². The van der Waals surface area contributed by atoms with Crippen LogP contribution in [-0.4, -0.2) is 21.6 Å². The molecule has 0 radical (unpaired) electrons. The molecule has 13 heavy (non-hydrogen) atoms. The van der Waals surface area contributed by atoms with Crippen molar-refractivity contribution in [3.63, 3.8) is 0 Å². The van der Waals surface area contributed by atoms with E-state index < -0.39 is 5.60 Å². The van der Waals surface area contributed by atoms with E-state index in [1.54, 1.807) is 6.92 Å². The summed E-state index contributed by atoms with van der Waals surface area (Å²) in [4.78, 5) is 0. The Labute approximate surface area is 78.4 Å². The third-order valence-electron chi connectivity index (χ3n) is 4.29. The van der Waals surface area contributed by atoms with Gasteiger partial charge in [-0.15, -0.1) is 0 Å². The molecule has 2 bridgehead atoms. The zero-order valence-corrected chi connectivity index (χ0v) is 8.41. The van der Waals surface area contributed by atoms with Gasteiger partial charge in [0.05, 0.1) is 5.71 Å². The molecule has 0 amide bonds. The van der Waals surface area contributed by atoms with Crippen molar-refractivity contribution in [1.29, 1.82) is 0 Å². The quantitative estimate of drug-likeness (QED) is 0.443. The largest absolute Gasteiger partial charge is 0.411 e. The summed E-state index contributed by atoms with van der Waals surface area (Å²) in [6, 6.07) is 0. The number of hydrogen-bond donors (Lipinski definition) is 2. The predicted octanol–water partition coefficient (Wildman–Crippen LogP) is 1.63. The molecule has 2 N–H and O–H groups in total. The second kappa shape index (κ2) is 2.27. The molecular formula is C10H17NO2. The highest BCUT2D eigenvalue weighted by atomic mass is 16.4. The molecule has 3 fully saturated rings. The smallest absolute Gasteiger partial charge is 0.106 e. The van der Waals surface area contributed by atoms with Gasteiger partial charge in [0.15, 0.2) is 0 Å². The van der Waals surface area contributed by atoms with E-state index in [9.17, 15) is 5.11 Å². The van der Waals surface area contributed by atoms with Crippen molar-refractivity contribution >= 4 is 5.71 Å². The first-order valence-corrected chi connectivity index (χ1v) is 4.84. The van der Waals surface area contributed by atoms with Crippen molar-refractivity contribution < 1.29 is 10.3 Å². The van der Waals surface area contributed by atoms with Gasteiger partial charge in [0, 0.05) is 0 Å². The van der Waals surface area contributed by atoms with Crippen LogP contribution in [0, 0.1) is 17.3 Å². The van der Waals surface area contributed by atoms with Crippen LogP contribution in [0.5, 0.6) is 0 Å². The number of oxime groups is 1. The molecule has 0 aromatic rings. The molecule has 0 spiro atoms. The first kappa shape index (κ1) is 9.00. The number of fused-ring (bicyclic) bond motifs is 2. The second-order valence-corrected chi connectivity index (χ2v) is 5.20. The third-order valence-corrected chi connectivity index (χ3v) is 4.29. The summed E-state index contributed by atoms with van der Waals surface area (Å²) in [5.74, 6) is 0.841. The van der Waals surface area contributed by atoms with Crippen LogP contribution in [0.3, 0.4) is 0 Å². The molecule has 3 saturated carbocycles. The lowest BCUT2D eigenvalue weighted by Crippen LogP contribution is -2.64. The molecule has 3 aliphatic carbocycles. The molecule has 3 nitrogen and oxygen atoms in total. The van der Waals surface area contributed by atoms with Gasteiger partial charge in [-0.2, -0.15) is 0 Å². The van der Waals surface area contributed by atoms with Gasteiger partial charge in [-0.3, -0.25) is 0 Å². The molecule has 0 aromatic carbocycles. The highest BCUT2D eigenvalue weighted by Crippen LogP contribution is 2.61. The van der Waals surface area contributed by atoms with Gasteiger partial charge in [0.2, 0.25) is 0 Å². The summed E-state index contributed by atoms with van der Waals surface area (Å²) in [5.41, 5.74) is -0.127. The maximum atomic E-state index is 10.2. The van der Waals surface area contributed by atoms with E-state index in [4.69, 9.17) is 5.21 Å². The Kier molecular flexibility index (Phi) is 1.57. The Morgan fingerprint density at radius 1 is 1.38 bits per heavy atom. The number of aliphatic hydroxyl groups is 1. The van der Waals surface area contributed by atoms with Gasteiger partial charge >= 0.3 is 0 Å². The standard InChI is InChI=1S/C10H17NO2/c1-9(2)6-4-7(9)10(3,12)8(5-6)11-13/h6-7,12-13H,4-5H2,1-3H3/b11-8-/t6-,7-,10-/m1/s1. The molecule has 3 aliphatic rings. The first-order valence-electron chi connectivity index (χ1n) is 4.84. The Hall–Kier alpha value is -0.570. The number of hydrogen-bond acceptors (Lipinski definition) is 3. The Morgan fingerprint density at radius 3 is 2.38 bits per heavy atom. The summed E-state index contributed by atoms with van der Waals surface area (Å²) in [5, 5.41) is 22.2. The average molecular weight is 183 g/mol. The van der Waals surface area contributed by atoms with E-state index >= 15 is 0 Å². The highest BCUT2D eigenvalue weighted by Gasteiger charge is 2.61. The van der Waals surface area contributed by atoms with Crippen LogP contribution in [0.25, 0.3) is 0 Å². The molecule has 74 valence electrons. The minimum atomic E-state index is -0.896. The van der Waals surface area contributed by atoms with Gasteiger partial charge in [-0.05, 0) is 37.0 Å². The topological polar surface area (TPSA) is 52.8 Å². The van der Waals surface area contributed by atoms with E-state index in [1.807, 2.05) is 0 Å². The van der Waals surface area contributed by atoms with Crippen LogP contribution in [0.4, 0.5) is 0 Å². The molecule has 3 rings (SSSR count). The lowest BCUT2D eigenvalue weighted by atomic mass is 9.44. The Balaban J connectivity index is 2.34. The number of nitrogens with zero attached hydrogens (tertiary/aromatic N) is 1. The maximum Gasteiger partial charge on any atom is 0.106 e. The summed E-state index contributed by atoms with van der Waals surface area (Å²) in [6.07, 6.45) is 1.81. The van der Waals surface area contributed by atoms with Crippen LogP contribution in [-0.2, 0) is 0 Å². The van der Waals surface area contributed by atoms with Crippen LogP contribution < -0.4 is 0 Å². The SMILES string of the molecule is CC1(C)[C@H]2C/C(=N/O)[C@](C)(O)[C@@H]1C2. The average Bonchev–Trinajstić information content (AvgIpc) is 2.01. The van der Waals surface area contributed by atoms with Crippen LogP contribution in [0.2, 0.25) is 0 Å². The van der Waals surface area contributed by atoms with Crippen LogP contribution in [0.15, 0.2) is 5.16 Å². The predicted molar refractivity (Wildman–Crippen MR) is 49.8 cm³/mol. The third kappa shape index (κ3) is 0.909. The maximum absolute atomic E-state index is 10.2. The lowest BCUT2D eigenvalue weighted by Gasteiger charge is -2.62. The van der Waals surface area contributed by atoms with Crippen LogP contribution >= 0.6 is 0 Å². The minimum Gasteiger partial charge on any atom is -0.411 e. The van der Waals surface area contributed by atoms with E-state index in [0.717, 1.165) is 12.8 Å². The van der Waals surface area contributed by atoms with Crippen LogP contribution in [0.1, 0.15) is 33.6 Å². The fourth-order valence-corrected chi connectivity index (χ4v) is 3.10. The van der Waals surface area contributed by atoms with Crippen molar-refractivity contribution in [3.05, 3.63) is 0 Å². The molecule has 0 aromatic heterocycles. The van der Waals surface area contributed by atoms with Crippen molar-refractivity contribution in [1.82, 2.24) is 0 Å². The van der Waals surface area contributed by atoms with E-state index in [-0.39, 0.29) is 11.3 Å². The summed E-state index contributed by atoms with van der Waals surface area (Å²) >= 11 is 0. The normalized spacial score (nSPS) is 50.3. The monoisotopic (exact) mass is 183 g/mol. The van der Waals surface area contributed by atoms with Gasteiger partial charge < -0.3 is 10.3 Å². The number of rotatable bonds is 0.